The largest absolute Gasteiger partial charge is 0.480 e. The zero-order valence-corrected chi connectivity index (χ0v) is 40.4. The van der Waals surface area contributed by atoms with Crippen LogP contribution in [0, 0.1) is 23.2 Å². The third-order valence-electron chi connectivity index (χ3n) is 12.8. The van der Waals surface area contributed by atoms with E-state index in [2.05, 4.69) is 47.5 Å². The molecule has 0 aliphatic heterocycles. The summed E-state index contributed by atoms with van der Waals surface area (Å²) in [4.78, 5) is 60.0. The zero-order valence-electron chi connectivity index (χ0n) is 40.4. The molecule has 350 valence electrons. The number of carboxylic acid groups (broad SMARTS) is 2. The van der Waals surface area contributed by atoms with Gasteiger partial charge in [0.05, 0.1) is 12.1 Å². The number of hydrogen-bond acceptors (Lipinski definition) is 5. The Morgan fingerprint density at radius 3 is 1.22 bits per heavy atom. The smallest absolute Gasteiger partial charge is 0.407 e. The maximum Gasteiger partial charge on any atom is 0.407 e. The molecule has 0 bridgehead atoms. The Balaban J connectivity index is 1.21. The second-order valence-corrected chi connectivity index (χ2v) is 19.8. The van der Waals surface area contributed by atoms with Crippen molar-refractivity contribution in [3.8, 4) is 18.1 Å². The van der Waals surface area contributed by atoms with Crippen LogP contribution in [0.25, 0.3) is 43.1 Å². The molecule has 2 N–H and O–H groups in total. The SMILES string of the molecule is C#CCOc1cc(C(=O)N(C)Cc2c3ccccc3c(CN(C(=O)O)C(C(C)(C)C)C(C)(C)C)c3ccccc23)ccc1C(=O)N(C)Cc1c2ccccc2c(CN(C)C(=O)O)c2ccccc12. The number of fused-ring (bicyclic) bond motifs is 4. The van der Waals surface area contributed by atoms with Gasteiger partial charge in [0, 0.05) is 52.4 Å². The summed E-state index contributed by atoms with van der Waals surface area (Å²) in [5.74, 6) is 2.01. The van der Waals surface area contributed by atoms with E-state index in [1.807, 2.05) is 97.1 Å². The lowest BCUT2D eigenvalue weighted by Gasteiger charge is -2.46. The summed E-state index contributed by atoms with van der Waals surface area (Å²) in [6.45, 7) is 13.2. The molecule has 7 aromatic rings. The third kappa shape index (κ3) is 9.63. The number of amides is 4. The van der Waals surface area contributed by atoms with Gasteiger partial charge >= 0.3 is 12.2 Å². The Bertz CT molecular complexity index is 3010. The Morgan fingerprint density at radius 2 is 0.882 bits per heavy atom. The van der Waals surface area contributed by atoms with Gasteiger partial charge in [-0.1, -0.05) is 145 Å². The minimum Gasteiger partial charge on any atom is -0.480 e. The van der Waals surface area contributed by atoms with Crippen molar-refractivity contribution in [1.82, 2.24) is 19.6 Å². The van der Waals surface area contributed by atoms with Crippen LogP contribution < -0.4 is 4.74 Å². The number of terminal acetylenes is 1. The summed E-state index contributed by atoms with van der Waals surface area (Å²) >= 11 is 0. The molecule has 0 saturated carbocycles. The molecule has 7 aromatic carbocycles. The Labute approximate surface area is 398 Å². The number of carbonyl (C=O) groups is 4. The average Bonchev–Trinajstić information content (AvgIpc) is 3.30. The van der Waals surface area contributed by atoms with E-state index in [0.29, 0.717) is 5.56 Å². The van der Waals surface area contributed by atoms with Crippen LogP contribution in [-0.4, -0.2) is 87.6 Å². The van der Waals surface area contributed by atoms with Crippen molar-refractivity contribution < 1.29 is 34.1 Å². The predicted octanol–water partition coefficient (Wildman–Crippen LogP) is 11.9. The summed E-state index contributed by atoms with van der Waals surface area (Å²) in [5, 5.41) is 27.7. The number of carbonyl (C=O) groups excluding carboxylic acids is 2. The lowest BCUT2D eigenvalue weighted by atomic mass is 9.71. The van der Waals surface area contributed by atoms with Gasteiger partial charge in [0.25, 0.3) is 11.8 Å². The summed E-state index contributed by atoms with van der Waals surface area (Å²) in [6, 6.07) is 36.0. The van der Waals surface area contributed by atoms with E-state index in [9.17, 15) is 29.4 Å². The molecule has 0 saturated heterocycles. The van der Waals surface area contributed by atoms with Crippen LogP contribution >= 0.6 is 0 Å². The predicted molar refractivity (Wildman–Crippen MR) is 271 cm³/mol. The minimum atomic E-state index is -1.03. The number of hydrogen-bond donors (Lipinski definition) is 2. The van der Waals surface area contributed by atoms with Gasteiger partial charge in [0.15, 0.2) is 0 Å². The quantitative estimate of drug-likeness (QED) is 0.0870. The average molecular weight is 913 g/mol. The fourth-order valence-electron chi connectivity index (χ4n) is 10.4. The van der Waals surface area contributed by atoms with E-state index in [-0.39, 0.29) is 72.8 Å². The van der Waals surface area contributed by atoms with Crippen molar-refractivity contribution in [3.05, 3.63) is 149 Å². The summed E-state index contributed by atoms with van der Waals surface area (Å²) < 4.78 is 5.99. The first-order chi connectivity index (χ1) is 32.2. The molecule has 0 aliphatic rings. The van der Waals surface area contributed by atoms with E-state index < -0.39 is 12.2 Å². The number of benzene rings is 7. The summed E-state index contributed by atoms with van der Waals surface area (Å²) in [5.41, 5.74) is 3.44. The first kappa shape index (κ1) is 48.4. The number of ether oxygens (including phenoxy) is 1. The standard InChI is InChI=1S/C57H60N4O7/c1-11-30-68-50-31-36(28-29-45(50)52(63)59(9)33-47-37-20-12-14-22-39(37)48(34-60(10)54(64)65)40-23-15-13-21-38(40)47)51(62)58(8)32-46-41-24-16-18-26-43(41)49(44-27-19-17-25-42(44)46)35-61(55(66)67)53(56(2,3)4)57(5,6)7/h1,12-29,31,53H,30,32-35H2,2-10H3,(H,64,65)(H,66,67). The second-order valence-electron chi connectivity index (χ2n) is 19.8. The highest BCUT2D eigenvalue weighted by molar-refractivity contribution is 6.08. The highest BCUT2D eigenvalue weighted by atomic mass is 16.5. The maximum absolute atomic E-state index is 14.5. The first-order valence-electron chi connectivity index (χ1n) is 22.7. The Kier molecular flexibility index (Phi) is 13.7. The molecule has 0 spiro atoms. The molecule has 68 heavy (non-hydrogen) atoms. The zero-order chi connectivity index (χ0) is 49.2. The van der Waals surface area contributed by atoms with Gasteiger partial charge in [-0.3, -0.25) is 14.5 Å². The van der Waals surface area contributed by atoms with Gasteiger partial charge in [-0.25, -0.2) is 9.59 Å². The van der Waals surface area contributed by atoms with E-state index in [0.717, 1.165) is 65.3 Å². The van der Waals surface area contributed by atoms with Gasteiger partial charge in [-0.2, -0.15) is 0 Å². The minimum absolute atomic E-state index is 0.130. The van der Waals surface area contributed by atoms with Crippen molar-refractivity contribution in [3.63, 3.8) is 0 Å². The van der Waals surface area contributed by atoms with Gasteiger partial charge in [0.2, 0.25) is 0 Å². The Hall–Kier alpha value is -7.58. The fraction of sp³-hybridized carbons (Fsp3) is 0.298. The highest BCUT2D eigenvalue weighted by Crippen LogP contribution is 2.41. The van der Waals surface area contributed by atoms with E-state index in [4.69, 9.17) is 11.2 Å². The Morgan fingerprint density at radius 1 is 0.529 bits per heavy atom. The molecule has 0 radical (unpaired) electrons. The molecular formula is C57H60N4O7. The van der Waals surface area contributed by atoms with Crippen molar-refractivity contribution in [2.45, 2.75) is 73.8 Å². The molecule has 0 aliphatic carbocycles. The molecule has 0 heterocycles. The van der Waals surface area contributed by atoms with E-state index in [1.54, 1.807) is 54.0 Å². The summed E-state index contributed by atoms with van der Waals surface area (Å²) in [7, 11) is 4.99. The molecule has 4 amide bonds. The summed E-state index contributed by atoms with van der Waals surface area (Å²) in [6.07, 6.45) is 3.63. The lowest BCUT2D eigenvalue weighted by Crippen LogP contribution is -2.53. The van der Waals surface area contributed by atoms with Gasteiger partial charge in [0.1, 0.15) is 12.4 Å². The van der Waals surface area contributed by atoms with Crippen LogP contribution in [0.1, 0.15) is 84.5 Å². The molecule has 0 aromatic heterocycles. The molecule has 11 nitrogen and oxygen atoms in total. The second kappa shape index (κ2) is 19.3. The van der Waals surface area contributed by atoms with Gasteiger partial charge < -0.3 is 29.6 Å². The van der Waals surface area contributed by atoms with Crippen LogP contribution in [0.2, 0.25) is 0 Å². The van der Waals surface area contributed by atoms with Gasteiger partial charge in [-0.05, 0) is 94.4 Å². The maximum atomic E-state index is 14.5. The molecule has 0 fully saturated rings. The van der Waals surface area contributed by atoms with Crippen molar-refractivity contribution >= 4 is 67.1 Å². The highest BCUT2D eigenvalue weighted by Gasteiger charge is 2.42. The number of rotatable bonds is 13. The van der Waals surface area contributed by atoms with Crippen molar-refractivity contribution in [2.24, 2.45) is 10.8 Å². The van der Waals surface area contributed by atoms with Crippen LogP contribution in [0.5, 0.6) is 5.75 Å². The van der Waals surface area contributed by atoms with Crippen LogP contribution in [0.3, 0.4) is 0 Å². The third-order valence-corrected chi connectivity index (χ3v) is 12.8. The van der Waals surface area contributed by atoms with Crippen molar-refractivity contribution in [1.29, 1.82) is 0 Å². The normalized spacial score (nSPS) is 11.8. The van der Waals surface area contributed by atoms with E-state index >= 15 is 0 Å². The van der Waals surface area contributed by atoms with Gasteiger partial charge in [-0.15, -0.1) is 6.42 Å². The van der Waals surface area contributed by atoms with Crippen LogP contribution in [-0.2, 0) is 26.2 Å². The van der Waals surface area contributed by atoms with Crippen molar-refractivity contribution in [2.75, 3.05) is 27.7 Å². The fourth-order valence-corrected chi connectivity index (χ4v) is 10.4. The first-order valence-corrected chi connectivity index (χ1v) is 22.7. The van der Waals surface area contributed by atoms with Crippen LogP contribution in [0.15, 0.2) is 115 Å². The number of nitrogens with zero attached hydrogens (tertiary/aromatic N) is 4. The topological polar surface area (TPSA) is 131 Å². The monoisotopic (exact) mass is 912 g/mol. The molecule has 7 rings (SSSR count). The van der Waals surface area contributed by atoms with E-state index in [1.165, 1.54) is 4.90 Å². The molecule has 0 unspecified atom stereocenters. The van der Waals surface area contributed by atoms with Crippen LogP contribution in [0.4, 0.5) is 9.59 Å². The molecule has 11 heteroatoms. The lowest BCUT2D eigenvalue weighted by molar-refractivity contribution is 0.0179. The molecule has 0 atom stereocenters. The molecular weight excluding hydrogens is 853 g/mol.